The average Bonchev–Trinajstić information content (AvgIpc) is 3.37. The van der Waals surface area contributed by atoms with Crippen molar-refractivity contribution < 1.29 is 14.3 Å². The van der Waals surface area contributed by atoms with Gasteiger partial charge in [-0.25, -0.2) is 5.43 Å². The van der Waals surface area contributed by atoms with Gasteiger partial charge in [-0.15, -0.1) is 0 Å². The summed E-state index contributed by atoms with van der Waals surface area (Å²) in [6, 6.07) is 26.4. The van der Waals surface area contributed by atoms with Crippen LogP contribution < -0.4 is 15.5 Å². The molecule has 0 aliphatic heterocycles. The number of halogens is 4. The molecule has 0 bridgehead atoms. The Bertz CT molecular complexity index is 1860. The van der Waals surface area contributed by atoms with Gasteiger partial charge in [0.1, 0.15) is 11.8 Å². The molecular formula is C34H28Cl4N4O3. The van der Waals surface area contributed by atoms with Crippen molar-refractivity contribution in [2.24, 2.45) is 5.10 Å². The highest BCUT2D eigenvalue weighted by molar-refractivity contribution is 6.35. The highest BCUT2D eigenvalue weighted by atomic mass is 35.5. The summed E-state index contributed by atoms with van der Waals surface area (Å²) < 4.78 is 7.81. The number of carbonyl (C=O) groups excluding carboxylic acids is 2. The van der Waals surface area contributed by atoms with E-state index in [1.54, 1.807) is 37.4 Å². The van der Waals surface area contributed by atoms with E-state index in [0.29, 0.717) is 27.4 Å². The Morgan fingerprint density at radius 3 is 2.29 bits per heavy atom. The first-order valence-corrected chi connectivity index (χ1v) is 15.5. The number of fused-ring (bicyclic) bond motifs is 1. The molecule has 0 unspecified atom stereocenters. The van der Waals surface area contributed by atoms with Crippen LogP contribution in [-0.4, -0.2) is 34.7 Å². The molecule has 0 aliphatic rings. The first-order valence-electron chi connectivity index (χ1n) is 14.0. The quantitative estimate of drug-likeness (QED) is 0.110. The lowest BCUT2D eigenvalue weighted by Gasteiger charge is -2.21. The first kappa shape index (κ1) is 32.4. The van der Waals surface area contributed by atoms with Gasteiger partial charge in [-0.2, -0.15) is 5.10 Å². The molecule has 2 atom stereocenters. The van der Waals surface area contributed by atoms with Crippen molar-refractivity contribution in [2.75, 3.05) is 0 Å². The molecule has 7 nitrogen and oxygen atoms in total. The number of carbonyl (C=O) groups is 2. The van der Waals surface area contributed by atoms with Gasteiger partial charge in [-0.05, 0) is 54.4 Å². The van der Waals surface area contributed by atoms with Gasteiger partial charge < -0.3 is 14.6 Å². The van der Waals surface area contributed by atoms with Crippen LogP contribution in [0.2, 0.25) is 20.1 Å². The summed E-state index contributed by atoms with van der Waals surface area (Å²) in [6.45, 7) is 2.09. The second-order valence-electron chi connectivity index (χ2n) is 10.3. The lowest BCUT2D eigenvalue weighted by atomic mass is 10.1. The fourth-order valence-corrected chi connectivity index (χ4v) is 5.67. The number of rotatable bonds is 11. The van der Waals surface area contributed by atoms with Gasteiger partial charge in [0.2, 0.25) is 0 Å². The van der Waals surface area contributed by atoms with E-state index in [0.717, 1.165) is 27.6 Å². The van der Waals surface area contributed by atoms with E-state index < -0.39 is 24.0 Å². The topological polar surface area (TPSA) is 84.7 Å². The van der Waals surface area contributed by atoms with E-state index in [9.17, 15) is 9.59 Å². The number of para-hydroxylation sites is 1. The van der Waals surface area contributed by atoms with E-state index >= 15 is 0 Å². The Labute approximate surface area is 280 Å². The number of amides is 2. The van der Waals surface area contributed by atoms with Gasteiger partial charge in [-0.1, -0.05) is 101 Å². The SMILES string of the molecule is C[C@H](Oc1ccc(Cl)cc1Cl)C(=O)N[C@@H](Cc1ccccc1)C(=O)N/N=C\c1cn(Cc2ccc(Cl)cc2Cl)c2ccccc12. The van der Waals surface area contributed by atoms with Gasteiger partial charge in [-0.3, -0.25) is 9.59 Å². The van der Waals surface area contributed by atoms with Crippen LogP contribution in [0.1, 0.15) is 23.6 Å². The molecule has 0 aliphatic carbocycles. The van der Waals surface area contributed by atoms with Crippen LogP contribution in [0, 0.1) is 0 Å². The zero-order valence-corrected chi connectivity index (χ0v) is 27.0. The van der Waals surface area contributed by atoms with Crippen molar-refractivity contribution in [2.45, 2.75) is 32.0 Å². The smallest absolute Gasteiger partial charge is 0.262 e. The predicted molar refractivity (Wildman–Crippen MR) is 182 cm³/mol. The van der Waals surface area contributed by atoms with Crippen molar-refractivity contribution in [3.63, 3.8) is 0 Å². The van der Waals surface area contributed by atoms with Crippen LogP contribution in [-0.2, 0) is 22.6 Å². The fourth-order valence-electron chi connectivity index (χ4n) is 4.75. The van der Waals surface area contributed by atoms with E-state index in [4.69, 9.17) is 51.1 Å². The van der Waals surface area contributed by atoms with Crippen LogP contribution in [0.15, 0.2) is 102 Å². The molecule has 230 valence electrons. The molecule has 11 heteroatoms. The standard InChI is InChI=1S/C34H28Cl4N4O3/c1-21(45-32-14-13-26(36)17-29(32)38)33(43)40-30(15-22-7-3-2-4-8-22)34(44)41-39-18-24-20-42(31-10-6-5-9-27(24)31)19-23-11-12-25(35)16-28(23)37/h2-14,16-18,20-21,30H,15,19H2,1H3,(H,40,43)(H,41,44)/b39-18-/t21-,30-/m0/s1. The third-order valence-corrected chi connectivity index (χ3v) is 8.15. The highest BCUT2D eigenvalue weighted by Crippen LogP contribution is 2.29. The summed E-state index contributed by atoms with van der Waals surface area (Å²) in [4.78, 5) is 26.5. The number of nitrogens with one attached hydrogen (secondary N) is 2. The zero-order valence-electron chi connectivity index (χ0n) is 24.0. The largest absolute Gasteiger partial charge is 0.479 e. The summed E-state index contributed by atoms with van der Waals surface area (Å²) in [5, 5.41) is 9.84. The van der Waals surface area contributed by atoms with Crippen LogP contribution in [0.3, 0.4) is 0 Å². The number of ether oxygens (including phenoxy) is 1. The van der Waals surface area contributed by atoms with E-state index in [2.05, 4.69) is 20.4 Å². The normalized spacial score (nSPS) is 12.6. The minimum Gasteiger partial charge on any atom is -0.479 e. The molecule has 0 spiro atoms. The Morgan fingerprint density at radius 2 is 1.56 bits per heavy atom. The maximum atomic E-state index is 13.4. The third-order valence-electron chi connectivity index (χ3n) is 7.04. The van der Waals surface area contributed by atoms with Crippen LogP contribution in [0.4, 0.5) is 0 Å². The molecule has 0 saturated heterocycles. The molecule has 5 aromatic rings. The molecular weight excluding hydrogens is 654 g/mol. The minimum atomic E-state index is -0.946. The monoisotopic (exact) mass is 680 g/mol. The van der Waals surface area contributed by atoms with Crippen LogP contribution in [0.25, 0.3) is 10.9 Å². The van der Waals surface area contributed by atoms with Crippen molar-refractivity contribution in [3.8, 4) is 5.75 Å². The molecule has 4 aromatic carbocycles. The summed E-state index contributed by atoms with van der Waals surface area (Å²) in [7, 11) is 0. The molecule has 45 heavy (non-hydrogen) atoms. The second-order valence-corrected chi connectivity index (χ2v) is 12.0. The van der Waals surface area contributed by atoms with E-state index in [1.807, 2.05) is 66.9 Å². The molecule has 2 amide bonds. The van der Waals surface area contributed by atoms with E-state index in [-0.39, 0.29) is 11.4 Å². The summed E-state index contributed by atoms with van der Waals surface area (Å²) in [5.41, 5.74) is 6.13. The van der Waals surface area contributed by atoms with Crippen molar-refractivity contribution in [1.29, 1.82) is 0 Å². The summed E-state index contributed by atoms with van der Waals surface area (Å²) >= 11 is 24.7. The second kappa shape index (κ2) is 14.8. The number of aromatic nitrogens is 1. The maximum absolute atomic E-state index is 13.4. The Balaban J connectivity index is 1.31. The van der Waals surface area contributed by atoms with Gasteiger partial charge in [0.05, 0.1) is 11.2 Å². The summed E-state index contributed by atoms with van der Waals surface area (Å²) in [6.07, 6.45) is 2.81. The number of benzene rings is 4. The number of nitrogens with zero attached hydrogens (tertiary/aromatic N) is 2. The summed E-state index contributed by atoms with van der Waals surface area (Å²) in [5.74, 6) is -0.684. The van der Waals surface area contributed by atoms with Gasteiger partial charge in [0, 0.05) is 50.7 Å². The van der Waals surface area contributed by atoms with Crippen molar-refractivity contribution in [3.05, 3.63) is 134 Å². The molecule has 0 radical (unpaired) electrons. The average molecular weight is 682 g/mol. The highest BCUT2D eigenvalue weighted by Gasteiger charge is 2.25. The lowest BCUT2D eigenvalue weighted by molar-refractivity contribution is -0.132. The van der Waals surface area contributed by atoms with E-state index in [1.165, 1.54) is 6.07 Å². The number of hydrogen-bond acceptors (Lipinski definition) is 4. The fraction of sp³-hybridized carbons (Fsp3) is 0.147. The molecule has 1 aromatic heterocycles. The first-order chi connectivity index (χ1) is 21.7. The van der Waals surface area contributed by atoms with Crippen molar-refractivity contribution >= 4 is 75.3 Å². The predicted octanol–water partition coefficient (Wildman–Crippen LogP) is 7.95. The zero-order chi connectivity index (χ0) is 31.9. The van der Waals surface area contributed by atoms with Gasteiger partial charge in [0.15, 0.2) is 6.10 Å². The molecule has 0 fully saturated rings. The van der Waals surface area contributed by atoms with Gasteiger partial charge in [0.25, 0.3) is 11.8 Å². The Kier molecular flexibility index (Phi) is 10.7. The third kappa shape index (κ3) is 8.38. The van der Waals surface area contributed by atoms with Crippen LogP contribution >= 0.6 is 46.4 Å². The van der Waals surface area contributed by atoms with Gasteiger partial charge >= 0.3 is 0 Å². The lowest BCUT2D eigenvalue weighted by Crippen LogP contribution is -2.50. The maximum Gasteiger partial charge on any atom is 0.262 e. The minimum absolute atomic E-state index is 0.240. The number of hydrogen-bond donors (Lipinski definition) is 2. The van der Waals surface area contributed by atoms with Crippen LogP contribution in [0.5, 0.6) is 5.75 Å². The molecule has 5 rings (SSSR count). The Morgan fingerprint density at radius 1 is 0.867 bits per heavy atom. The number of hydrazone groups is 1. The Hall–Kier alpha value is -4.01. The molecule has 2 N–H and O–H groups in total. The molecule has 1 heterocycles. The molecule has 0 saturated carbocycles. The van der Waals surface area contributed by atoms with Crippen molar-refractivity contribution in [1.82, 2.24) is 15.3 Å².